The van der Waals surface area contributed by atoms with Crippen molar-refractivity contribution in [3.05, 3.63) is 59.1 Å². The Morgan fingerprint density at radius 1 is 1.22 bits per heavy atom. The second-order valence-corrected chi connectivity index (χ2v) is 7.07. The molecule has 0 aliphatic rings. The lowest BCUT2D eigenvalue weighted by molar-refractivity contribution is -0.129. The van der Waals surface area contributed by atoms with E-state index in [9.17, 15) is 4.79 Å². The van der Waals surface area contributed by atoms with Gasteiger partial charge in [0.2, 0.25) is 5.91 Å². The summed E-state index contributed by atoms with van der Waals surface area (Å²) in [6, 6.07) is 15.3. The van der Waals surface area contributed by atoms with Gasteiger partial charge in [0.15, 0.2) is 0 Å². The Morgan fingerprint density at radius 3 is 2.52 bits per heavy atom. The van der Waals surface area contributed by atoms with E-state index in [1.54, 1.807) is 12.0 Å². The molecule has 0 aliphatic heterocycles. The largest absolute Gasteiger partial charge is 0.496 e. The highest BCUT2D eigenvalue weighted by molar-refractivity contribution is 8.00. The second-order valence-electron chi connectivity index (χ2n) is 5.22. The van der Waals surface area contributed by atoms with Crippen molar-refractivity contribution < 1.29 is 9.53 Å². The number of benzene rings is 2. The van der Waals surface area contributed by atoms with E-state index in [1.807, 2.05) is 62.5 Å². The van der Waals surface area contributed by atoms with Crippen LogP contribution in [0.4, 0.5) is 0 Å². The summed E-state index contributed by atoms with van der Waals surface area (Å²) < 4.78 is 5.34. The zero-order valence-corrected chi connectivity index (χ0v) is 15.0. The minimum atomic E-state index is -0.170. The average Bonchev–Trinajstić information content (AvgIpc) is 2.56. The van der Waals surface area contributed by atoms with Gasteiger partial charge in [-0.1, -0.05) is 29.8 Å². The molecule has 1 atom stereocenters. The number of amides is 1. The van der Waals surface area contributed by atoms with Gasteiger partial charge in [0, 0.05) is 29.1 Å². The maximum atomic E-state index is 12.6. The first kappa shape index (κ1) is 17.7. The molecule has 2 aromatic carbocycles. The summed E-state index contributed by atoms with van der Waals surface area (Å²) in [5.41, 5.74) is 0.995. The van der Waals surface area contributed by atoms with Crippen LogP contribution in [0.25, 0.3) is 0 Å². The first-order valence-electron chi connectivity index (χ1n) is 7.30. The molecule has 0 N–H and O–H groups in total. The van der Waals surface area contributed by atoms with Gasteiger partial charge in [-0.15, -0.1) is 11.8 Å². The zero-order chi connectivity index (χ0) is 16.8. The van der Waals surface area contributed by atoms with Crippen molar-refractivity contribution >= 4 is 29.3 Å². The SMILES string of the molecule is COc1ccccc1CN(C)C(=O)[C@@H](C)Sc1ccc(Cl)cc1. The number of halogens is 1. The first-order chi connectivity index (χ1) is 11.0. The average molecular weight is 350 g/mol. The van der Waals surface area contributed by atoms with Gasteiger partial charge in [0.1, 0.15) is 5.75 Å². The predicted octanol–water partition coefficient (Wildman–Crippen LogP) is 4.49. The molecule has 0 aliphatic carbocycles. The fraction of sp³-hybridized carbons (Fsp3) is 0.278. The molecular formula is C18H20ClNO2S. The molecule has 2 rings (SSSR count). The predicted molar refractivity (Wildman–Crippen MR) is 96.2 cm³/mol. The van der Waals surface area contributed by atoms with Crippen molar-refractivity contribution in [2.45, 2.75) is 23.6 Å². The van der Waals surface area contributed by atoms with E-state index in [-0.39, 0.29) is 11.2 Å². The summed E-state index contributed by atoms with van der Waals surface area (Å²) in [6.07, 6.45) is 0. The Labute approximate surface area is 146 Å². The third kappa shape index (κ3) is 4.91. The number of carbonyl (C=O) groups excluding carboxylic acids is 1. The summed E-state index contributed by atoms with van der Waals surface area (Å²) in [7, 11) is 3.45. The summed E-state index contributed by atoms with van der Waals surface area (Å²) >= 11 is 7.41. The van der Waals surface area contributed by atoms with Gasteiger partial charge in [0.25, 0.3) is 0 Å². The Hall–Kier alpha value is -1.65. The second kappa shape index (κ2) is 8.27. The quantitative estimate of drug-likeness (QED) is 0.720. The molecular weight excluding hydrogens is 330 g/mol. The molecule has 0 fully saturated rings. The van der Waals surface area contributed by atoms with Crippen molar-refractivity contribution in [2.24, 2.45) is 0 Å². The summed E-state index contributed by atoms with van der Waals surface area (Å²) in [5.74, 6) is 0.876. The molecule has 0 spiro atoms. The highest BCUT2D eigenvalue weighted by atomic mass is 35.5. The van der Waals surface area contributed by atoms with Crippen LogP contribution in [-0.2, 0) is 11.3 Å². The van der Waals surface area contributed by atoms with Gasteiger partial charge < -0.3 is 9.64 Å². The van der Waals surface area contributed by atoms with Gasteiger partial charge >= 0.3 is 0 Å². The fourth-order valence-electron chi connectivity index (χ4n) is 2.25. The number of carbonyl (C=O) groups is 1. The molecule has 0 radical (unpaired) electrons. The van der Waals surface area contributed by atoms with Gasteiger partial charge in [-0.25, -0.2) is 0 Å². The van der Waals surface area contributed by atoms with E-state index >= 15 is 0 Å². The van der Waals surface area contributed by atoms with Crippen molar-refractivity contribution in [3.63, 3.8) is 0 Å². The van der Waals surface area contributed by atoms with Gasteiger partial charge in [-0.3, -0.25) is 4.79 Å². The van der Waals surface area contributed by atoms with Crippen LogP contribution in [0.1, 0.15) is 12.5 Å². The molecule has 0 heterocycles. The molecule has 0 aromatic heterocycles. The Balaban J connectivity index is 1.99. The van der Waals surface area contributed by atoms with Crippen LogP contribution < -0.4 is 4.74 Å². The van der Waals surface area contributed by atoms with E-state index in [0.717, 1.165) is 16.2 Å². The first-order valence-corrected chi connectivity index (χ1v) is 8.56. The van der Waals surface area contributed by atoms with Crippen molar-refractivity contribution in [3.8, 4) is 5.75 Å². The van der Waals surface area contributed by atoms with Crippen LogP contribution >= 0.6 is 23.4 Å². The van der Waals surface area contributed by atoms with Crippen LogP contribution in [0.5, 0.6) is 5.75 Å². The highest BCUT2D eigenvalue weighted by Crippen LogP contribution is 2.26. The van der Waals surface area contributed by atoms with Crippen LogP contribution in [0.2, 0.25) is 5.02 Å². The normalized spacial score (nSPS) is 11.8. The minimum Gasteiger partial charge on any atom is -0.496 e. The molecule has 0 saturated carbocycles. The molecule has 5 heteroatoms. The highest BCUT2D eigenvalue weighted by Gasteiger charge is 2.19. The monoisotopic (exact) mass is 349 g/mol. The number of para-hydroxylation sites is 1. The molecule has 2 aromatic rings. The summed E-state index contributed by atoms with van der Waals surface area (Å²) in [5, 5.41) is 0.525. The van der Waals surface area contributed by atoms with Crippen LogP contribution in [0.3, 0.4) is 0 Å². The zero-order valence-electron chi connectivity index (χ0n) is 13.5. The number of hydrogen-bond donors (Lipinski definition) is 0. The molecule has 1 amide bonds. The van der Waals surface area contributed by atoms with E-state index < -0.39 is 0 Å². The number of thioether (sulfide) groups is 1. The maximum Gasteiger partial charge on any atom is 0.235 e. The molecule has 3 nitrogen and oxygen atoms in total. The number of hydrogen-bond acceptors (Lipinski definition) is 3. The van der Waals surface area contributed by atoms with Crippen LogP contribution in [0.15, 0.2) is 53.4 Å². The molecule has 0 unspecified atom stereocenters. The summed E-state index contributed by atoms with van der Waals surface area (Å²) in [4.78, 5) is 15.3. The topological polar surface area (TPSA) is 29.5 Å². The third-order valence-corrected chi connectivity index (χ3v) is 4.80. The minimum absolute atomic E-state index is 0.0795. The standard InChI is InChI=1S/C18H20ClNO2S/c1-13(23-16-10-8-15(19)9-11-16)18(21)20(2)12-14-6-4-5-7-17(14)22-3/h4-11,13H,12H2,1-3H3/t13-/m1/s1. The molecule has 122 valence electrons. The molecule has 0 saturated heterocycles. The molecule has 0 bridgehead atoms. The van der Waals surface area contributed by atoms with Crippen molar-refractivity contribution in [1.82, 2.24) is 4.90 Å². The van der Waals surface area contributed by atoms with Crippen LogP contribution in [0, 0.1) is 0 Å². The smallest absolute Gasteiger partial charge is 0.235 e. The van der Waals surface area contributed by atoms with Gasteiger partial charge in [0.05, 0.1) is 12.4 Å². The summed E-state index contributed by atoms with van der Waals surface area (Å²) in [6.45, 7) is 2.44. The number of nitrogens with zero attached hydrogens (tertiary/aromatic N) is 1. The van der Waals surface area contributed by atoms with E-state index in [0.29, 0.717) is 11.6 Å². The Morgan fingerprint density at radius 2 is 1.87 bits per heavy atom. The van der Waals surface area contributed by atoms with Crippen molar-refractivity contribution in [2.75, 3.05) is 14.2 Å². The van der Waals surface area contributed by atoms with E-state index in [2.05, 4.69) is 0 Å². The molecule has 23 heavy (non-hydrogen) atoms. The van der Waals surface area contributed by atoms with Gasteiger partial charge in [-0.05, 0) is 37.3 Å². The Kier molecular flexibility index (Phi) is 6.37. The Bertz CT molecular complexity index is 660. The van der Waals surface area contributed by atoms with E-state index in [1.165, 1.54) is 11.8 Å². The maximum absolute atomic E-state index is 12.6. The lowest BCUT2D eigenvalue weighted by Gasteiger charge is -2.22. The number of rotatable bonds is 6. The third-order valence-electron chi connectivity index (χ3n) is 3.45. The fourth-order valence-corrected chi connectivity index (χ4v) is 3.35. The number of ether oxygens (including phenoxy) is 1. The van der Waals surface area contributed by atoms with Crippen molar-refractivity contribution in [1.29, 1.82) is 0 Å². The number of methoxy groups -OCH3 is 1. The lowest BCUT2D eigenvalue weighted by Crippen LogP contribution is -2.32. The van der Waals surface area contributed by atoms with Crippen LogP contribution in [-0.4, -0.2) is 30.2 Å². The van der Waals surface area contributed by atoms with Gasteiger partial charge in [-0.2, -0.15) is 0 Å². The lowest BCUT2D eigenvalue weighted by atomic mass is 10.2. The van der Waals surface area contributed by atoms with E-state index in [4.69, 9.17) is 16.3 Å².